The topological polar surface area (TPSA) is 85.4 Å². The highest BCUT2D eigenvalue weighted by molar-refractivity contribution is 5.98. The van der Waals surface area contributed by atoms with E-state index in [1.165, 1.54) is 20.5 Å². The SMILES string of the molecule is COc1ncnc(OC)c1C(=O)NC1CCNC(C)C1. The summed E-state index contributed by atoms with van der Waals surface area (Å²) in [6, 6.07) is 0.526. The maximum atomic E-state index is 12.4. The number of hydrogen-bond acceptors (Lipinski definition) is 6. The van der Waals surface area contributed by atoms with Crippen LogP contribution in [0.25, 0.3) is 0 Å². The molecule has 0 aliphatic carbocycles. The van der Waals surface area contributed by atoms with Crippen LogP contribution in [0.5, 0.6) is 11.8 Å². The number of methoxy groups -OCH3 is 2. The Morgan fingerprint density at radius 3 is 2.55 bits per heavy atom. The second-order valence-corrected chi connectivity index (χ2v) is 4.82. The average Bonchev–Trinajstić information content (AvgIpc) is 2.46. The van der Waals surface area contributed by atoms with Crippen molar-refractivity contribution in [2.45, 2.75) is 31.8 Å². The van der Waals surface area contributed by atoms with E-state index in [1.807, 2.05) is 0 Å². The van der Waals surface area contributed by atoms with Gasteiger partial charge in [0.2, 0.25) is 11.8 Å². The quantitative estimate of drug-likeness (QED) is 0.828. The molecule has 0 spiro atoms. The van der Waals surface area contributed by atoms with Crippen LogP contribution in [0.15, 0.2) is 6.33 Å². The van der Waals surface area contributed by atoms with E-state index in [0.29, 0.717) is 6.04 Å². The summed E-state index contributed by atoms with van der Waals surface area (Å²) in [6.07, 6.45) is 3.10. The van der Waals surface area contributed by atoms with Crippen LogP contribution in [-0.4, -0.2) is 48.7 Å². The van der Waals surface area contributed by atoms with E-state index in [2.05, 4.69) is 27.5 Å². The number of nitrogens with one attached hydrogen (secondary N) is 2. The lowest BCUT2D eigenvalue weighted by Crippen LogP contribution is -2.46. The molecule has 2 rings (SSSR count). The predicted octanol–water partition coefficient (Wildman–Crippen LogP) is 0.364. The van der Waals surface area contributed by atoms with Gasteiger partial charge in [0.15, 0.2) is 5.56 Å². The largest absolute Gasteiger partial charge is 0.480 e. The molecule has 1 fully saturated rings. The molecule has 2 heterocycles. The van der Waals surface area contributed by atoms with Crippen molar-refractivity contribution in [3.05, 3.63) is 11.9 Å². The van der Waals surface area contributed by atoms with E-state index in [1.54, 1.807) is 0 Å². The summed E-state index contributed by atoms with van der Waals surface area (Å²) in [5.74, 6) is 0.172. The smallest absolute Gasteiger partial charge is 0.262 e. The Balaban J connectivity index is 2.16. The molecule has 2 unspecified atom stereocenters. The van der Waals surface area contributed by atoms with Crippen molar-refractivity contribution in [1.29, 1.82) is 0 Å². The number of aromatic nitrogens is 2. The summed E-state index contributed by atoms with van der Waals surface area (Å²) in [6.45, 7) is 3.00. The second-order valence-electron chi connectivity index (χ2n) is 4.82. The first-order valence-electron chi connectivity index (χ1n) is 6.63. The molecule has 1 aliphatic rings. The van der Waals surface area contributed by atoms with Gasteiger partial charge in [-0.05, 0) is 26.3 Å². The third kappa shape index (κ3) is 3.16. The fraction of sp³-hybridized carbons (Fsp3) is 0.615. The summed E-state index contributed by atoms with van der Waals surface area (Å²) in [5, 5.41) is 6.34. The zero-order chi connectivity index (χ0) is 14.5. The van der Waals surface area contributed by atoms with Crippen LogP contribution >= 0.6 is 0 Å². The summed E-state index contributed by atoms with van der Waals surface area (Å²) < 4.78 is 10.2. The Kier molecular flexibility index (Phi) is 4.73. The molecular weight excluding hydrogens is 260 g/mol. The van der Waals surface area contributed by atoms with Crippen molar-refractivity contribution < 1.29 is 14.3 Å². The number of amides is 1. The lowest BCUT2D eigenvalue weighted by atomic mass is 10.0. The molecular formula is C13H20N4O3. The molecule has 1 amide bonds. The molecule has 7 heteroatoms. The highest BCUT2D eigenvalue weighted by Gasteiger charge is 2.25. The number of rotatable bonds is 4. The Bertz CT molecular complexity index is 458. The van der Waals surface area contributed by atoms with Crippen LogP contribution < -0.4 is 20.1 Å². The molecule has 7 nitrogen and oxygen atoms in total. The molecule has 1 saturated heterocycles. The van der Waals surface area contributed by atoms with E-state index in [-0.39, 0.29) is 29.3 Å². The van der Waals surface area contributed by atoms with Gasteiger partial charge in [-0.25, -0.2) is 9.97 Å². The molecule has 1 aromatic heterocycles. The normalized spacial score (nSPS) is 22.1. The third-order valence-electron chi connectivity index (χ3n) is 3.35. The van der Waals surface area contributed by atoms with Crippen LogP contribution in [0, 0.1) is 0 Å². The minimum absolute atomic E-state index is 0.133. The lowest BCUT2D eigenvalue weighted by molar-refractivity contribution is 0.0917. The van der Waals surface area contributed by atoms with Crippen molar-refractivity contribution >= 4 is 5.91 Å². The van der Waals surface area contributed by atoms with Gasteiger partial charge < -0.3 is 20.1 Å². The van der Waals surface area contributed by atoms with Gasteiger partial charge in [0.05, 0.1) is 14.2 Å². The lowest BCUT2D eigenvalue weighted by Gasteiger charge is -2.28. The van der Waals surface area contributed by atoms with Crippen LogP contribution in [0.2, 0.25) is 0 Å². The molecule has 0 bridgehead atoms. The maximum Gasteiger partial charge on any atom is 0.262 e. The number of nitrogens with zero attached hydrogens (tertiary/aromatic N) is 2. The van der Waals surface area contributed by atoms with Gasteiger partial charge in [-0.15, -0.1) is 0 Å². The number of hydrogen-bond donors (Lipinski definition) is 2. The first-order valence-corrected chi connectivity index (χ1v) is 6.63. The maximum absolute atomic E-state index is 12.4. The summed E-state index contributed by atoms with van der Waals surface area (Å²) in [4.78, 5) is 20.3. The fourth-order valence-corrected chi connectivity index (χ4v) is 2.38. The molecule has 0 saturated carbocycles. The van der Waals surface area contributed by atoms with Crippen LogP contribution in [-0.2, 0) is 0 Å². The fourth-order valence-electron chi connectivity index (χ4n) is 2.38. The number of carbonyl (C=O) groups excluding carboxylic acids is 1. The van der Waals surface area contributed by atoms with Crippen LogP contribution in [0.3, 0.4) is 0 Å². The number of carbonyl (C=O) groups is 1. The molecule has 0 aromatic carbocycles. The van der Waals surface area contributed by atoms with E-state index in [0.717, 1.165) is 19.4 Å². The second kappa shape index (κ2) is 6.51. The van der Waals surface area contributed by atoms with E-state index < -0.39 is 0 Å². The van der Waals surface area contributed by atoms with Crippen molar-refractivity contribution in [1.82, 2.24) is 20.6 Å². The molecule has 2 N–H and O–H groups in total. The summed E-state index contributed by atoms with van der Waals surface area (Å²) >= 11 is 0. The van der Waals surface area contributed by atoms with Crippen LogP contribution in [0.1, 0.15) is 30.1 Å². The molecule has 20 heavy (non-hydrogen) atoms. The van der Waals surface area contributed by atoms with Crippen molar-refractivity contribution in [3.63, 3.8) is 0 Å². The van der Waals surface area contributed by atoms with Gasteiger partial charge in [0, 0.05) is 12.1 Å². The predicted molar refractivity (Wildman–Crippen MR) is 73.1 cm³/mol. The molecule has 1 aromatic rings. The van der Waals surface area contributed by atoms with E-state index >= 15 is 0 Å². The highest BCUT2D eigenvalue weighted by Crippen LogP contribution is 2.23. The monoisotopic (exact) mass is 280 g/mol. The first kappa shape index (κ1) is 14.5. The van der Waals surface area contributed by atoms with Gasteiger partial charge >= 0.3 is 0 Å². The zero-order valence-electron chi connectivity index (χ0n) is 12.0. The van der Waals surface area contributed by atoms with E-state index in [9.17, 15) is 4.79 Å². The van der Waals surface area contributed by atoms with Gasteiger partial charge in [-0.2, -0.15) is 0 Å². The summed E-state index contributed by atoms with van der Waals surface area (Å²) in [5.41, 5.74) is 0.240. The molecule has 1 aliphatic heterocycles. The van der Waals surface area contributed by atoms with Crippen molar-refractivity contribution in [2.75, 3.05) is 20.8 Å². The zero-order valence-corrected chi connectivity index (χ0v) is 12.0. The van der Waals surface area contributed by atoms with Gasteiger partial charge in [0.25, 0.3) is 5.91 Å². The van der Waals surface area contributed by atoms with Gasteiger partial charge in [0.1, 0.15) is 6.33 Å². The van der Waals surface area contributed by atoms with E-state index in [4.69, 9.17) is 9.47 Å². The standard InChI is InChI=1S/C13H20N4O3/c1-8-6-9(4-5-14-8)17-11(18)10-12(19-2)15-7-16-13(10)20-3/h7-9,14H,4-6H2,1-3H3,(H,17,18). The Morgan fingerprint density at radius 2 is 2.00 bits per heavy atom. The Hall–Kier alpha value is -1.89. The molecule has 110 valence electrons. The number of piperidine rings is 1. The Morgan fingerprint density at radius 1 is 1.35 bits per heavy atom. The minimum atomic E-state index is -0.265. The van der Waals surface area contributed by atoms with Crippen molar-refractivity contribution in [2.24, 2.45) is 0 Å². The third-order valence-corrected chi connectivity index (χ3v) is 3.35. The Labute approximate surface area is 118 Å². The highest BCUT2D eigenvalue weighted by atomic mass is 16.5. The summed E-state index contributed by atoms with van der Waals surface area (Å²) in [7, 11) is 2.93. The van der Waals surface area contributed by atoms with Gasteiger partial charge in [-0.1, -0.05) is 0 Å². The molecule has 2 atom stereocenters. The average molecular weight is 280 g/mol. The van der Waals surface area contributed by atoms with Gasteiger partial charge in [-0.3, -0.25) is 4.79 Å². The van der Waals surface area contributed by atoms with Crippen molar-refractivity contribution in [3.8, 4) is 11.8 Å². The molecule has 0 radical (unpaired) electrons. The first-order chi connectivity index (χ1) is 9.65. The number of ether oxygens (including phenoxy) is 2. The minimum Gasteiger partial charge on any atom is -0.480 e. The van der Waals surface area contributed by atoms with Crippen LogP contribution in [0.4, 0.5) is 0 Å².